The van der Waals surface area contributed by atoms with Crippen molar-refractivity contribution in [2.45, 2.75) is 6.92 Å². The van der Waals surface area contributed by atoms with Gasteiger partial charge in [0.25, 0.3) is 0 Å². The van der Waals surface area contributed by atoms with Crippen LogP contribution in [0.4, 0.5) is 16.2 Å². The van der Waals surface area contributed by atoms with Crippen LogP contribution in [0.25, 0.3) is 0 Å². The highest BCUT2D eigenvalue weighted by molar-refractivity contribution is 6.00. The predicted molar refractivity (Wildman–Crippen MR) is 77.2 cm³/mol. The maximum atomic E-state index is 11.8. The van der Waals surface area contributed by atoms with Crippen LogP contribution in [0.1, 0.15) is 15.9 Å². The molecule has 0 spiro atoms. The van der Waals surface area contributed by atoms with E-state index in [9.17, 15) is 9.59 Å². The molecule has 0 fully saturated rings. The van der Waals surface area contributed by atoms with Crippen LogP contribution in [-0.4, -0.2) is 17.1 Å². The molecule has 20 heavy (non-hydrogen) atoms. The number of hydrogen-bond acceptors (Lipinski definition) is 2. The highest BCUT2D eigenvalue weighted by Crippen LogP contribution is 2.15. The standard InChI is InChI=1S/C15H14N2O3/c1-10-9-12(7-8-13(10)14(18)19)17-15(20)16-11-5-3-2-4-6-11/h2-9H,1H3,(H,18,19)(H2,16,17,20). The molecule has 0 aliphatic rings. The first kappa shape index (κ1) is 13.6. The Morgan fingerprint density at radius 3 is 2.20 bits per heavy atom. The molecule has 2 amide bonds. The summed E-state index contributed by atoms with van der Waals surface area (Å²) in [6.45, 7) is 1.68. The van der Waals surface area contributed by atoms with Gasteiger partial charge in [-0.1, -0.05) is 18.2 Å². The smallest absolute Gasteiger partial charge is 0.335 e. The number of urea groups is 1. The lowest BCUT2D eigenvalue weighted by molar-refractivity contribution is 0.0696. The summed E-state index contributed by atoms with van der Waals surface area (Å²) in [5.41, 5.74) is 2.04. The number of carbonyl (C=O) groups is 2. The summed E-state index contributed by atoms with van der Waals surface area (Å²) in [6, 6.07) is 13.3. The van der Waals surface area contributed by atoms with Gasteiger partial charge in [0.2, 0.25) is 0 Å². The quantitative estimate of drug-likeness (QED) is 0.800. The number of anilines is 2. The maximum absolute atomic E-state index is 11.8. The Morgan fingerprint density at radius 1 is 0.950 bits per heavy atom. The second kappa shape index (κ2) is 5.88. The van der Waals surface area contributed by atoms with Crippen molar-refractivity contribution in [3.05, 3.63) is 59.7 Å². The zero-order valence-corrected chi connectivity index (χ0v) is 10.9. The number of aryl methyl sites for hydroxylation is 1. The van der Waals surface area contributed by atoms with Gasteiger partial charge in [-0.3, -0.25) is 0 Å². The van der Waals surface area contributed by atoms with Crippen molar-refractivity contribution >= 4 is 23.4 Å². The summed E-state index contributed by atoms with van der Waals surface area (Å²) >= 11 is 0. The molecule has 0 unspecified atom stereocenters. The molecule has 5 nitrogen and oxygen atoms in total. The molecule has 2 rings (SSSR count). The van der Waals surface area contributed by atoms with Crippen molar-refractivity contribution in [1.29, 1.82) is 0 Å². The molecule has 102 valence electrons. The Morgan fingerprint density at radius 2 is 1.60 bits per heavy atom. The third kappa shape index (κ3) is 3.35. The Balaban J connectivity index is 2.05. The van der Waals surface area contributed by atoms with Gasteiger partial charge >= 0.3 is 12.0 Å². The van der Waals surface area contributed by atoms with Gasteiger partial charge in [-0.25, -0.2) is 9.59 Å². The largest absolute Gasteiger partial charge is 0.478 e. The number of amides is 2. The monoisotopic (exact) mass is 270 g/mol. The number of carbonyl (C=O) groups excluding carboxylic acids is 1. The third-order valence-electron chi connectivity index (χ3n) is 2.75. The van der Waals surface area contributed by atoms with E-state index in [1.165, 1.54) is 6.07 Å². The van der Waals surface area contributed by atoms with Gasteiger partial charge < -0.3 is 15.7 Å². The normalized spacial score (nSPS) is 9.85. The molecule has 0 aliphatic carbocycles. The highest BCUT2D eigenvalue weighted by atomic mass is 16.4. The highest BCUT2D eigenvalue weighted by Gasteiger charge is 2.08. The lowest BCUT2D eigenvalue weighted by Gasteiger charge is -2.09. The number of carboxylic acid groups (broad SMARTS) is 1. The van der Waals surface area contributed by atoms with Crippen LogP contribution in [0.2, 0.25) is 0 Å². The summed E-state index contributed by atoms with van der Waals surface area (Å²) in [5.74, 6) is -0.984. The minimum atomic E-state index is -0.984. The van der Waals surface area contributed by atoms with Crippen LogP contribution in [0.3, 0.4) is 0 Å². The molecule has 0 bridgehead atoms. The lowest BCUT2D eigenvalue weighted by atomic mass is 10.1. The Bertz CT molecular complexity index is 639. The topological polar surface area (TPSA) is 78.4 Å². The summed E-state index contributed by atoms with van der Waals surface area (Å²) in [7, 11) is 0. The second-order valence-electron chi connectivity index (χ2n) is 4.28. The van der Waals surface area contributed by atoms with Crippen molar-refractivity contribution < 1.29 is 14.7 Å². The fraction of sp³-hybridized carbons (Fsp3) is 0.0667. The lowest BCUT2D eigenvalue weighted by Crippen LogP contribution is -2.19. The average molecular weight is 270 g/mol. The molecule has 2 aromatic rings. The number of para-hydroxylation sites is 1. The second-order valence-corrected chi connectivity index (χ2v) is 4.28. The first-order valence-corrected chi connectivity index (χ1v) is 6.03. The minimum Gasteiger partial charge on any atom is -0.478 e. The SMILES string of the molecule is Cc1cc(NC(=O)Nc2ccccc2)ccc1C(=O)O. The van der Waals surface area contributed by atoms with Crippen LogP contribution in [0, 0.1) is 6.92 Å². The van der Waals surface area contributed by atoms with E-state index in [0.29, 0.717) is 16.9 Å². The molecule has 0 heterocycles. The van der Waals surface area contributed by atoms with E-state index in [4.69, 9.17) is 5.11 Å². The first-order chi connectivity index (χ1) is 9.56. The average Bonchev–Trinajstić information content (AvgIpc) is 2.39. The molecule has 0 radical (unpaired) electrons. The van der Waals surface area contributed by atoms with E-state index >= 15 is 0 Å². The number of hydrogen-bond donors (Lipinski definition) is 3. The number of aromatic carboxylic acids is 1. The van der Waals surface area contributed by atoms with Crippen LogP contribution >= 0.6 is 0 Å². The molecule has 0 saturated heterocycles. The van der Waals surface area contributed by atoms with Gasteiger partial charge in [0.05, 0.1) is 5.56 Å². The number of nitrogens with one attached hydrogen (secondary N) is 2. The summed E-state index contributed by atoms with van der Waals surface area (Å²) in [6.07, 6.45) is 0. The van der Waals surface area contributed by atoms with Crippen molar-refractivity contribution in [3.63, 3.8) is 0 Å². The van der Waals surface area contributed by atoms with E-state index in [0.717, 1.165) is 0 Å². The molecule has 5 heteroatoms. The Labute approximate surface area is 116 Å². The first-order valence-electron chi connectivity index (χ1n) is 6.03. The third-order valence-corrected chi connectivity index (χ3v) is 2.75. The molecule has 0 aliphatic heterocycles. The zero-order valence-electron chi connectivity index (χ0n) is 10.9. The van der Waals surface area contributed by atoms with Gasteiger partial charge in [0.15, 0.2) is 0 Å². The van der Waals surface area contributed by atoms with Crippen LogP contribution < -0.4 is 10.6 Å². The predicted octanol–water partition coefficient (Wildman–Crippen LogP) is 3.34. The number of rotatable bonds is 3. The summed E-state index contributed by atoms with van der Waals surface area (Å²) < 4.78 is 0. The summed E-state index contributed by atoms with van der Waals surface area (Å²) in [4.78, 5) is 22.7. The molecule has 0 aromatic heterocycles. The van der Waals surface area contributed by atoms with Crippen molar-refractivity contribution in [2.24, 2.45) is 0 Å². The maximum Gasteiger partial charge on any atom is 0.335 e. The summed E-state index contributed by atoms with van der Waals surface area (Å²) in [5, 5.41) is 14.3. The molecular weight excluding hydrogens is 256 g/mol. The van der Waals surface area contributed by atoms with E-state index < -0.39 is 5.97 Å². The van der Waals surface area contributed by atoms with Crippen LogP contribution in [-0.2, 0) is 0 Å². The van der Waals surface area contributed by atoms with Crippen molar-refractivity contribution in [2.75, 3.05) is 10.6 Å². The molecule has 3 N–H and O–H groups in total. The minimum absolute atomic E-state index is 0.221. The van der Waals surface area contributed by atoms with Crippen molar-refractivity contribution in [1.82, 2.24) is 0 Å². The van der Waals surface area contributed by atoms with E-state index in [1.54, 1.807) is 31.2 Å². The fourth-order valence-electron chi connectivity index (χ4n) is 1.80. The number of benzene rings is 2. The fourth-order valence-corrected chi connectivity index (χ4v) is 1.80. The van der Waals surface area contributed by atoms with E-state index in [1.807, 2.05) is 18.2 Å². The van der Waals surface area contributed by atoms with Crippen LogP contribution in [0.5, 0.6) is 0 Å². The van der Waals surface area contributed by atoms with Gasteiger partial charge in [-0.15, -0.1) is 0 Å². The van der Waals surface area contributed by atoms with Gasteiger partial charge in [0.1, 0.15) is 0 Å². The Kier molecular flexibility index (Phi) is 4.00. The molecule has 2 aromatic carbocycles. The van der Waals surface area contributed by atoms with Crippen molar-refractivity contribution in [3.8, 4) is 0 Å². The van der Waals surface area contributed by atoms with Gasteiger partial charge in [-0.2, -0.15) is 0 Å². The van der Waals surface area contributed by atoms with Gasteiger partial charge in [-0.05, 0) is 42.8 Å². The van der Waals surface area contributed by atoms with Gasteiger partial charge in [0, 0.05) is 11.4 Å². The van der Waals surface area contributed by atoms with E-state index in [-0.39, 0.29) is 11.6 Å². The molecule has 0 saturated carbocycles. The molecular formula is C15H14N2O3. The Hall–Kier alpha value is -2.82. The number of carboxylic acids is 1. The zero-order chi connectivity index (χ0) is 14.5. The molecule has 0 atom stereocenters. The van der Waals surface area contributed by atoms with E-state index in [2.05, 4.69) is 10.6 Å². The van der Waals surface area contributed by atoms with Crippen LogP contribution in [0.15, 0.2) is 48.5 Å².